The molecule has 0 unspecified atom stereocenters. The fraction of sp³-hybridized carbons (Fsp3) is 0.345. The van der Waals surface area contributed by atoms with Gasteiger partial charge in [0.1, 0.15) is 0 Å². The molecular weight excluding hydrogens is 434 g/mol. The molecule has 6 nitrogen and oxygen atoms in total. The van der Waals surface area contributed by atoms with Crippen LogP contribution in [0.2, 0.25) is 0 Å². The van der Waals surface area contributed by atoms with E-state index in [1.807, 2.05) is 23.7 Å². The van der Waals surface area contributed by atoms with Gasteiger partial charge in [0.25, 0.3) is 5.91 Å². The van der Waals surface area contributed by atoms with Crippen LogP contribution in [0.5, 0.6) is 0 Å². The van der Waals surface area contributed by atoms with E-state index in [-0.39, 0.29) is 17.9 Å². The Morgan fingerprint density at radius 2 is 1.57 bits per heavy atom. The number of hydrogen-bond acceptors (Lipinski definition) is 4. The normalized spacial score (nSPS) is 12.3. The highest BCUT2D eigenvalue weighted by atomic mass is 16.1. The number of aromatic nitrogens is 3. The third-order valence-corrected chi connectivity index (χ3v) is 6.70. The van der Waals surface area contributed by atoms with E-state index in [1.165, 1.54) is 11.1 Å². The molecule has 0 radical (unpaired) electrons. The number of nitrogens with one attached hydrogen (secondary N) is 2. The Hall–Kier alpha value is -3.67. The first-order valence-electron chi connectivity index (χ1n) is 12.5. The number of benzene rings is 2. The lowest BCUT2D eigenvalue weighted by Gasteiger charge is -2.22. The van der Waals surface area contributed by atoms with Crippen LogP contribution in [0.15, 0.2) is 73.1 Å². The summed E-state index contributed by atoms with van der Waals surface area (Å²) < 4.78 is 1.85. The lowest BCUT2D eigenvalue weighted by atomic mass is 9.88. The minimum absolute atomic E-state index is 0.123. The van der Waals surface area contributed by atoms with Crippen LogP contribution >= 0.6 is 0 Å². The number of pyridine rings is 1. The molecule has 0 aliphatic carbocycles. The summed E-state index contributed by atoms with van der Waals surface area (Å²) in [6, 6.07) is 21.1. The van der Waals surface area contributed by atoms with Gasteiger partial charge >= 0.3 is 0 Å². The van der Waals surface area contributed by atoms with Gasteiger partial charge in [-0.3, -0.25) is 4.79 Å². The van der Waals surface area contributed by atoms with Crippen molar-refractivity contribution in [3.8, 4) is 0 Å². The summed E-state index contributed by atoms with van der Waals surface area (Å²) in [4.78, 5) is 18.0. The van der Waals surface area contributed by atoms with Gasteiger partial charge in [0, 0.05) is 31.2 Å². The first-order valence-corrected chi connectivity index (χ1v) is 12.5. The van der Waals surface area contributed by atoms with Crippen LogP contribution in [-0.4, -0.2) is 33.3 Å². The second-order valence-corrected chi connectivity index (χ2v) is 9.34. The Morgan fingerprint density at radius 1 is 0.943 bits per heavy atom. The van der Waals surface area contributed by atoms with Crippen LogP contribution in [0.3, 0.4) is 0 Å². The Labute approximate surface area is 207 Å². The Balaban J connectivity index is 1.56. The zero-order valence-corrected chi connectivity index (χ0v) is 21.0. The maximum absolute atomic E-state index is 13.4. The smallest absolute Gasteiger partial charge is 0.254 e. The maximum Gasteiger partial charge on any atom is 0.254 e. The second-order valence-electron chi connectivity index (χ2n) is 9.34. The predicted octanol–water partition coefficient (Wildman–Crippen LogP) is 5.86. The van der Waals surface area contributed by atoms with Crippen LogP contribution in [0.25, 0.3) is 11.0 Å². The first-order chi connectivity index (χ1) is 17.0. The highest BCUT2D eigenvalue weighted by molar-refractivity contribution is 6.06. The number of fused-ring (bicyclic) bond motifs is 1. The maximum atomic E-state index is 13.4. The van der Waals surface area contributed by atoms with Gasteiger partial charge in [0.2, 0.25) is 0 Å². The number of aryl methyl sites for hydroxylation is 1. The van der Waals surface area contributed by atoms with Crippen LogP contribution < -0.4 is 10.6 Å². The van der Waals surface area contributed by atoms with E-state index >= 15 is 0 Å². The summed E-state index contributed by atoms with van der Waals surface area (Å²) in [5.41, 5.74) is 4.63. The van der Waals surface area contributed by atoms with E-state index in [9.17, 15) is 4.79 Å². The van der Waals surface area contributed by atoms with E-state index in [0.717, 1.165) is 29.7 Å². The topological polar surface area (TPSA) is 71.8 Å². The molecule has 1 amide bonds. The first kappa shape index (κ1) is 24.5. The molecule has 4 rings (SSSR count). The monoisotopic (exact) mass is 469 g/mol. The van der Waals surface area contributed by atoms with Crippen molar-refractivity contribution < 1.29 is 4.79 Å². The third kappa shape index (κ3) is 5.53. The quantitative estimate of drug-likeness (QED) is 0.305. The Bertz CT molecular complexity index is 1210. The van der Waals surface area contributed by atoms with Crippen molar-refractivity contribution in [1.29, 1.82) is 0 Å². The average Bonchev–Trinajstić information content (AvgIpc) is 3.31. The van der Waals surface area contributed by atoms with Gasteiger partial charge in [0.15, 0.2) is 5.65 Å². The minimum Gasteiger partial charge on any atom is -0.381 e. The van der Waals surface area contributed by atoms with Crippen LogP contribution in [-0.2, 0) is 6.54 Å². The fourth-order valence-corrected chi connectivity index (χ4v) is 4.30. The van der Waals surface area contributed by atoms with Crippen LogP contribution in [0.4, 0.5) is 5.69 Å². The molecular formula is C29H35N5O. The molecule has 2 aromatic heterocycles. The molecule has 0 aliphatic rings. The molecule has 0 saturated heterocycles. The molecule has 2 heterocycles. The molecule has 0 spiro atoms. The lowest BCUT2D eigenvalue weighted by Crippen LogP contribution is -2.29. The lowest BCUT2D eigenvalue weighted by molar-refractivity contribution is 0.0953. The van der Waals surface area contributed by atoms with Crippen molar-refractivity contribution in [2.24, 2.45) is 5.92 Å². The van der Waals surface area contributed by atoms with Gasteiger partial charge in [-0.25, -0.2) is 9.67 Å². The van der Waals surface area contributed by atoms with Gasteiger partial charge in [-0.15, -0.1) is 0 Å². The highest BCUT2D eigenvalue weighted by Gasteiger charge is 2.21. The van der Waals surface area contributed by atoms with Crippen molar-refractivity contribution in [3.05, 3.63) is 89.7 Å². The van der Waals surface area contributed by atoms with Gasteiger partial charge < -0.3 is 10.6 Å². The molecule has 2 aromatic carbocycles. The third-order valence-electron chi connectivity index (χ3n) is 6.70. The molecule has 4 aromatic rings. The average molecular weight is 470 g/mol. The molecule has 2 N–H and O–H groups in total. The molecule has 0 fully saturated rings. The molecule has 182 valence electrons. The van der Waals surface area contributed by atoms with E-state index in [4.69, 9.17) is 0 Å². The van der Waals surface area contributed by atoms with Gasteiger partial charge in [-0.1, -0.05) is 74.5 Å². The molecule has 0 saturated carbocycles. The molecule has 0 aliphatic heterocycles. The minimum atomic E-state index is -0.123. The van der Waals surface area contributed by atoms with Crippen molar-refractivity contribution in [2.75, 3.05) is 11.9 Å². The molecule has 1 atom stereocenters. The van der Waals surface area contributed by atoms with E-state index in [0.29, 0.717) is 18.0 Å². The summed E-state index contributed by atoms with van der Waals surface area (Å²) in [5.74, 6) is 0.495. The largest absolute Gasteiger partial charge is 0.381 e. The summed E-state index contributed by atoms with van der Waals surface area (Å²) >= 11 is 0. The number of anilines is 1. The van der Waals surface area contributed by atoms with Gasteiger partial charge in [-0.2, -0.15) is 5.10 Å². The number of carbonyl (C=O) groups excluding carboxylic acids is 1. The number of hydrogen-bond donors (Lipinski definition) is 2. The van der Waals surface area contributed by atoms with Gasteiger partial charge in [0.05, 0.1) is 22.8 Å². The predicted molar refractivity (Wildman–Crippen MR) is 143 cm³/mol. The summed E-state index contributed by atoms with van der Waals surface area (Å²) in [6.07, 6.45) is 4.28. The Morgan fingerprint density at radius 3 is 2.14 bits per heavy atom. The van der Waals surface area contributed by atoms with E-state index in [2.05, 4.69) is 90.0 Å². The molecule has 0 bridgehead atoms. The van der Waals surface area contributed by atoms with Crippen molar-refractivity contribution in [2.45, 2.75) is 52.6 Å². The summed E-state index contributed by atoms with van der Waals surface area (Å²) in [7, 11) is 0. The molecule has 6 heteroatoms. The SMILES string of the molecule is CCn1ncc2c(N[C@@H](C)C(C)C)c(C(=O)NCCC(c3ccccc3)c3ccccc3)cnc21. The standard InChI is InChI=1S/C29H35N5O/c1-5-34-28-25(19-32-34)27(33-21(4)20(2)3)26(18-31-28)29(35)30-17-16-24(22-12-8-6-9-13-22)23-14-10-7-11-15-23/h6-15,18-21,24H,5,16-17H2,1-4H3,(H,30,35)(H,31,33)/t21-/m0/s1. The highest BCUT2D eigenvalue weighted by Crippen LogP contribution is 2.29. The van der Waals surface area contributed by atoms with E-state index < -0.39 is 0 Å². The Kier molecular flexibility index (Phi) is 7.80. The second kappa shape index (κ2) is 11.2. The van der Waals surface area contributed by atoms with Crippen molar-refractivity contribution >= 4 is 22.6 Å². The zero-order chi connectivity index (χ0) is 24.8. The summed E-state index contributed by atoms with van der Waals surface area (Å²) in [5, 5.41) is 12.1. The molecule has 35 heavy (non-hydrogen) atoms. The van der Waals surface area contributed by atoms with Crippen molar-refractivity contribution in [3.63, 3.8) is 0 Å². The number of amides is 1. The number of nitrogens with zero attached hydrogens (tertiary/aromatic N) is 3. The zero-order valence-electron chi connectivity index (χ0n) is 21.0. The van der Waals surface area contributed by atoms with Crippen LogP contribution in [0, 0.1) is 5.92 Å². The van der Waals surface area contributed by atoms with E-state index in [1.54, 1.807) is 12.4 Å². The van der Waals surface area contributed by atoms with Crippen LogP contribution in [0.1, 0.15) is 61.5 Å². The van der Waals surface area contributed by atoms with Crippen molar-refractivity contribution in [1.82, 2.24) is 20.1 Å². The fourth-order valence-electron chi connectivity index (χ4n) is 4.30. The van der Waals surface area contributed by atoms with Gasteiger partial charge in [-0.05, 0) is 37.3 Å². The number of rotatable bonds is 10. The summed E-state index contributed by atoms with van der Waals surface area (Å²) in [6.45, 7) is 9.78. The number of carbonyl (C=O) groups is 1.